The Morgan fingerprint density at radius 3 is 0.955 bits per heavy atom. The highest BCUT2D eigenvalue weighted by molar-refractivity contribution is 4.78. The van der Waals surface area contributed by atoms with Gasteiger partial charge in [-0.3, -0.25) is 0 Å². The number of hydrogen-bond acceptors (Lipinski definition) is 1. The molecule has 0 spiro atoms. The minimum Gasteiger partial charge on any atom is -0.303 e. The topological polar surface area (TPSA) is 3.24 Å². The first-order valence-corrected chi connectivity index (χ1v) is 10.6. The van der Waals surface area contributed by atoms with E-state index in [1.165, 1.54) is 116 Å². The fourth-order valence-corrected chi connectivity index (χ4v) is 5.43. The monoisotopic (exact) mass is 305 g/mol. The molecule has 3 aliphatic rings. The van der Waals surface area contributed by atoms with E-state index in [0.717, 1.165) is 17.8 Å². The van der Waals surface area contributed by atoms with Gasteiger partial charge in [-0.05, 0) is 56.3 Å². The fraction of sp³-hybridized carbons (Fsp3) is 1.00. The van der Waals surface area contributed by atoms with Crippen LogP contribution < -0.4 is 0 Å². The van der Waals surface area contributed by atoms with E-state index in [1.807, 2.05) is 0 Å². The van der Waals surface area contributed by atoms with Gasteiger partial charge in [0.25, 0.3) is 0 Å². The maximum Gasteiger partial charge on any atom is 0.000989 e. The molecule has 0 aliphatic heterocycles. The molecule has 0 bridgehead atoms. The molecule has 1 nitrogen and oxygen atoms in total. The van der Waals surface area contributed by atoms with Gasteiger partial charge in [-0.1, -0.05) is 57.8 Å². The normalized spacial score (nSPS) is 26.6. The van der Waals surface area contributed by atoms with Crippen molar-refractivity contribution in [1.82, 2.24) is 4.90 Å². The summed E-state index contributed by atoms with van der Waals surface area (Å²) in [5.74, 6) is 3.09. The van der Waals surface area contributed by atoms with Gasteiger partial charge in [-0.25, -0.2) is 0 Å². The average molecular weight is 306 g/mol. The Morgan fingerprint density at radius 1 is 0.409 bits per heavy atom. The second-order valence-corrected chi connectivity index (χ2v) is 8.73. The maximum atomic E-state index is 2.95. The number of nitrogens with zero attached hydrogens (tertiary/aromatic N) is 1. The predicted octanol–water partition coefficient (Wildman–Crippen LogP) is 6.03. The van der Waals surface area contributed by atoms with Crippen LogP contribution in [0.25, 0.3) is 0 Å². The molecule has 0 aromatic carbocycles. The van der Waals surface area contributed by atoms with Crippen LogP contribution in [-0.4, -0.2) is 24.5 Å². The first-order valence-electron chi connectivity index (χ1n) is 10.6. The van der Waals surface area contributed by atoms with E-state index in [0.29, 0.717) is 0 Å². The molecule has 3 rings (SSSR count). The molecule has 3 saturated carbocycles. The van der Waals surface area contributed by atoms with Crippen LogP contribution in [0, 0.1) is 17.8 Å². The fourth-order valence-electron chi connectivity index (χ4n) is 5.43. The summed E-state index contributed by atoms with van der Waals surface area (Å²) in [6, 6.07) is 0. The van der Waals surface area contributed by atoms with Crippen molar-refractivity contribution in [3.63, 3.8) is 0 Å². The van der Waals surface area contributed by atoms with Crippen molar-refractivity contribution in [1.29, 1.82) is 0 Å². The molecule has 0 heterocycles. The van der Waals surface area contributed by atoms with Crippen molar-refractivity contribution in [2.45, 2.75) is 96.3 Å². The van der Waals surface area contributed by atoms with Crippen molar-refractivity contribution < 1.29 is 0 Å². The van der Waals surface area contributed by atoms with Crippen LogP contribution in [0.1, 0.15) is 96.3 Å². The Bertz CT molecular complexity index is 235. The van der Waals surface area contributed by atoms with Crippen LogP contribution in [0.3, 0.4) is 0 Å². The summed E-state index contributed by atoms with van der Waals surface area (Å²) >= 11 is 0. The van der Waals surface area contributed by atoms with Gasteiger partial charge in [0.15, 0.2) is 0 Å². The van der Waals surface area contributed by atoms with Gasteiger partial charge < -0.3 is 4.90 Å². The van der Waals surface area contributed by atoms with Crippen molar-refractivity contribution in [2.75, 3.05) is 19.6 Å². The highest BCUT2D eigenvalue weighted by Gasteiger charge is 2.24. The van der Waals surface area contributed by atoms with Crippen molar-refractivity contribution >= 4 is 0 Å². The summed E-state index contributed by atoms with van der Waals surface area (Å²) in [7, 11) is 0. The van der Waals surface area contributed by atoms with Crippen LogP contribution in [0.4, 0.5) is 0 Å². The lowest BCUT2D eigenvalue weighted by Gasteiger charge is -2.36. The standard InChI is InChI=1S/C21H39N/c1-4-10-19(11-5-1)16-22(17-20-12-6-2-7-13-20)18-21-14-8-3-9-15-21/h19-21H,1-18H2. The zero-order valence-corrected chi connectivity index (χ0v) is 14.9. The maximum absolute atomic E-state index is 2.95. The predicted molar refractivity (Wildman–Crippen MR) is 96.2 cm³/mol. The van der Waals surface area contributed by atoms with E-state index < -0.39 is 0 Å². The SMILES string of the molecule is C1CCC(CN(CC2CCCCC2)CC2CCCCC2)CC1. The molecule has 1 heteroatoms. The molecule has 0 aromatic heterocycles. The minimum absolute atomic E-state index is 1.03. The second kappa shape index (κ2) is 9.30. The van der Waals surface area contributed by atoms with Gasteiger partial charge in [0.1, 0.15) is 0 Å². The molecule has 0 aromatic rings. The lowest BCUT2D eigenvalue weighted by Crippen LogP contribution is -2.39. The highest BCUT2D eigenvalue weighted by Crippen LogP contribution is 2.30. The van der Waals surface area contributed by atoms with E-state index >= 15 is 0 Å². The average Bonchev–Trinajstić information content (AvgIpc) is 2.57. The third kappa shape index (κ3) is 5.55. The molecule has 3 fully saturated rings. The van der Waals surface area contributed by atoms with Gasteiger partial charge in [0, 0.05) is 19.6 Å². The third-order valence-electron chi connectivity index (χ3n) is 6.72. The van der Waals surface area contributed by atoms with E-state index in [1.54, 1.807) is 0 Å². The van der Waals surface area contributed by atoms with Gasteiger partial charge in [0.2, 0.25) is 0 Å². The Balaban J connectivity index is 1.50. The van der Waals surface area contributed by atoms with Crippen LogP contribution in [0.2, 0.25) is 0 Å². The molecule has 0 radical (unpaired) electrons. The number of hydrogen-bond donors (Lipinski definition) is 0. The Kier molecular flexibility index (Phi) is 7.11. The van der Waals surface area contributed by atoms with E-state index in [9.17, 15) is 0 Å². The summed E-state index contributed by atoms with van der Waals surface area (Å²) in [4.78, 5) is 2.95. The summed E-state index contributed by atoms with van der Waals surface area (Å²) in [5, 5.41) is 0. The van der Waals surface area contributed by atoms with Crippen LogP contribution in [0.15, 0.2) is 0 Å². The summed E-state index contributed by atoms with van der Waals surface area (Å²) in [5.41, 5.74) is 0. The van der Waals surface area contributed by atoms with Gasteiger partial charge in [-0.2, -0.15) is 0 Å². The van der Waals surface area contributed by atoms with Gasteiger partial charge >= 0.3 is 0 Å². The largest absolute Gasteiger partial charge is 0.303 e. The number of rotatable bonds is 6. The second-order valence-electron chi connectivity index (χ2n) is 8.73. The van der Waals surface area contributed by atoms with Crippen LogP contribution in [0.5, 0.6) is 0 Å². The van der Waals surface area contributed by atoms with Crippen molar-refractivity contribution in [3.8, 4) is 0 Å². The molecule has 22 heavy (non-hydrogen) atoms. The van der Waals surface area contributed by atoms with E-state index in [2.05, 4.69) is 4.90 Å². The molecular formula is C21H39N. The summed E-state index contributed by atoms with van der Waals surface area (Å²) < 4.78 is 0. The molecule has 128 valence electrons. The third-order valence-corrected chi connectivity index (χ3v) is 6.72. The van der Waals surface area contributed by atoms with Crippen molar-refractivity contribution in [2.24, 2.45) is 17.8 Å². The summed E-state index contributed by atoms with van der Waals surface area (Å²) in [6.07, 6.45) is 22.7. The van der Waals surface area contributed by atoms with Gasteiger partial charge in [-0.15, -0.1) is 0 Å². The molecule has 0 saturated heterocycles. The van der Waals surface area contributed by atoms with Crippen LogP contribution >= 0.6 is 0 Å². The zero-order chi connectivity index (χ0) is 15.0. The molecule has 3 aliphatic carbocycles. The Morgan fingerprint density at radius 2 is 0.682 bits per heavy atom. The Hall–Kier alpha value is -0.0400. The van der Waals surface area contributed by atoms with Crippen LogP contribution in [-0.2, 0) is 0 Å². The van der Waals surface area contributed by atoms with Gasteiger partial charge in [0.05, 0.1) is 0 Å². The Labute approximate surface area is 139 Å². The summed E-state index contributed by atoms with van der Waals surface area (Å²) in [6.45, 7) is 4.31. The first-order chi connectivity index (χ1) is 10.9. The van der Waals surface area contributed by atoms with E-state index in [-0.39, 0.29) is 0 Å². The molecule has 0 N–H and O–H groups in total. The zero-order valence-electron chi connectivity index (χ0n) is 14.9. The first kappa shape index (κ1) is 16.8. The highest BCUT2D eigenvalue weighted by atomic mass is 15.1. The lowest BCUT2D eigenvalue weighted by molar-refractivity contribution is 0.129. The quantitative estimate of drug-likeness (QED) is 0.579. The lowest BCUT2D eigenvalue weighted by atomic mass is 9.85. The smallest absolute Gasteiger partial charge is 0.000989 e. The molecule has 0 unspecified atom stereocenters. The minimum atomic E-state index is 1.03. The van der Waals surface area contributed by atoms with E-state index in [4.69, 9.17) is 0 Å². The van der Waals surface area contributed by atoms with Crippen molar-refractivity contribution in [3.05, 3.63) is 0 Å². The molecular weight excluding hydrogens is 266 g/mol. The molecule has 0 atom stereocenters. The molecule has 0 amide bonds.